The largest absolute Gasteiger partial charge is 0.396 e. The van der Waals surface area contributed by atoms with E-state index in [4.69, 9.17) is 10.5 Å². The second-order valence-electron chi connectivity index (χ2n) is 2.65. The third-order valence-electron chi connectivity index (χ3n) is 1.47. The van der Waals surface area contributed by atoms with Crippen LogP contribution in [0.4, 0.5) is 5.69 Å². The summed E-state index contributed by atoms with van der Waals surface area (Å²) in [4.78, 5) is 0. The first-order valence-electron chi connectivity index (χ1n) is 4.18. The van der Waals surface area contributed by atoms with E-state index in [0.29, 0.717) is 12.3 Å². The number of rotatable bonds is 5. The molecule has 4 heteroatoms. The van der Waals surface area contributed by atoms with Gasteiger partial charge in [0.05, 0.1) is 25.0 Å². The van der Waals surface area contributed by atoms with Gasteiger partial charge in [-0.2, -0.15) is 5.10 Å². The van der Waals surface area contributed by atoms with Crippen molar-refractivity contribution in [2.45, 2.75) is 19.9 Å². The molecular weight excluding hydrogens is 154 g/mol. The van der Waals surface area contributed by atoms with Gasteiger partial charge in [-0.25, -0.2) is 0 Å². The average Bonchev–Trinajstić information content (AvgIpc) is 2.45. The minimum absolute atomic E-state index is 0.700. The summed E-state index contributed by atoms with van der Waals surface area (Å²) in [6.45, 7) is 4.38. The van der Waals surface area contributed by atoms with Crippen molar-refractivity contribution in [2.75, 3.05) is 18.9 Å². The van der Waals surface area contributed by atoms with Gasteiger partial charge in [0.2, 0.25) is 0 Å². The van der Waals surface area contributed by atoms with E-state index in [0.717, 1.165) is 19.6 Å². The molecule has 0 aliphatic carbocycles. The molecule has 0 saturated carbocycles. The minimum Gasteiger partial charge on any atom is -0.396 e. The van der Waals surface area contributed by atoms with Crippen molar-refractivity contribution in [3.8, 4) is 0 Å². The molecule has 2 N–H and O–H groups in total. The summed E-state index contributed by atoms with van der Waals surface area (Å²) in [5.74, 6) is 0. The number of nitrogens with two attached hydrogens (primary N) is 1. The quantitative estimate of drug-likeness (QED) is 0.666. The van der Waals surface area contributed by atoms with E-state index in [2.05, 4.69) is 12.0 Å². The maximum absolute atomic E-state index is 5.48. The summed E-state index contributed by atoms with van der Waals surface area (Å²) in [6.07, 6.45) is 4.50. The Bertz CT molecular complexity index is 222. The fourth-order valence-electron chi connectivity index (χ4n) is 0.906. The number of ether oxygens (including phenoxy) is 1. The van der Waals surface area contributed by atoms with Gasteiger partial charge in [0.1, 0.15) is 0 Å². The summed E-state index contributed by atoms with van der Waals surface area (Å²) in [7, 11) is 0. The van der Waals surface area contributed by atoms with Gasteiger partial charge >= 0.3 is 0 Å². The first-order valence-corrected chi connectivity index (χ1v) is 4.18. The summed E-state index contributed by atoms with van der Waals surface area (Å²) >= 11 is 0. The molecule has 0 amide bonds. The van der Waals surface area contributed by atoms with Gasteiger partial charge in [0.25, 0.3) is 0 Å². The van der Waals surface area contributed by atoms with Crippen LogP contribution in [0.3, 0.4) is 0 Å². The maximum Gasteiger partial charge on any atom is 0.0719 e. The Morgan fingerprint density at radius 1 is 1.58 bits per heavy atom. The van der Waals surface area contributed by atoms with Crippen molar-refractivity contribution in [3.05, 3.63) is 12.4 Å². The first-order chi connectivity index (χ1) is 5.83. The normalized spacial score (nSPS) is 10.4. The van der Waals surface area contributed by atoms with Gasteiger partial charge in [0.15, 0.2) is 0 Å². The molecule has 0 unspecified atom stereocenters. The molecule has 0 bridgehead atoms. The Labute approximate surface area is 72.3 Å². The van der Waals surface area contributed by atoms with Crippen LogP contribution in [-0.4, -0.2) is 23.0 Å². The SMILES string of the molecule is CCCOCCn1cc(N)cn1. The van der Waals surface area contributed by atoms with Crippen LogP contribution in [-0.2, 0) is 11.3 Å². The fraction of sp³-hybridized carbons (Fsp3) is 0.625. The molecule has 0 aliphatic heterocycles. The third kappa shape index (κ3) is 2.92. The molecule has 1 aromatic heterocycles. The maximum atomic E-state index is 5.48. The molecule has 1 aromatic rings. The molecule has 0 radical (unpaired) electrons. The molecule has 0 atom stereocenters. The summed E-state index contributed by atoms with van der Waals surface area (Å²) in [6, 6.07) is 0. The highest BCUT2D eigenvalue weighted by molar-refractivity contribution is 5.30. The van der Waals surface area contributed by atoms with Crippen molar-refractivity contribution < 1.29 is 4.74 Å². The van der Waals surface area contributed by atoms with E-state index >= 15 is 0 Å². The van der Waals surface area contributed by atoms with Gasteiger partial charge in [0, 0.05) is 12.8 Å². The van der Waals surface area contributed by atoms with E-state index in [-0.39, 0.29) is 0 Å². The molecule has 12 heavy (non-hydrogen) atoms. The summed E-state index contributed by atoms with van der Waals surface area (Å²) < 4.78 is 7.08. The van der Waals surface area contributed by atoms with Crippen LogP contribution in [0.5, 0.6) is 0 Å². The number of hydrogen-bond donors (Lipinski definition) is 1. The highest BCUT2D eigenvalue weighted by atomic mass is 16.5. The molecule has 4 nitrogen and oxygen atoms in total. The molecular formula is C8H15N3O. The van der Waals surface area contributed by atoms with Crippen molar-refractivity contribution in [1.29, 1.82) is 0 Å². The first kappa shape index (κ1) is 9.06. The Morgan fingerprint density at radius 2 is 2.42 bits per heavy atom. The lowest BCUT2D eigenvalue weighted by Crippen LogP contribution is -2.06. The van der Waals surface area contributed by atoms with E-state index in [1.807, 2.05) is 0 Å². The van der Waals surface area contributed by atoms with E-state index in [1.165, 1.54) is 0 Å². The molecule has 1 heterocycles. The smallest absolute Gasteiger partial charge is 0.0719 e. The number of nitrogens with zero attached hydrogens (tertiary/aromatic N) is 2. The van der Waals surface area contributed by atoms with Gasteiger partial charge in [-0.15, -0.1) is 0 Å². The van der Waals surface area contributed by atoms with Crippen LogP contribution >= 0.6 is 0 Å². The topological polar surface area (TPSA) is 53.1 Å². The lowest BCUT2D eigenvalue weighted by molar-refractivity contribution is 0.124. The standard InChI is InChI=1S/C8H15N3O/c1-2-4-12-5-3-11-7-8(9)6-10-11/h6-7H,2-5,9H2,1H3. The lowest BCUT2D eigenvalue weighted by atomic mass is 10.5. The number of hydrogen-bond acceptors (Lipinski definition) is 3. The average molecular weight is 169 g/mol. The van der Waals surface area contributed by atoms with Crippen LogP contribution in [0.1, 0.15) is 13.3 Å². The number of aromatic nitrogens is 2. The molecule has 0 spiro atoms. The van der Waals surface area contributed by atoms with Crippen LogP contribution < -0.4 is 5.73 Å². The highest BCUT2D eigenvalue weighted by Crippen LogP contribution is 1.97. The zero-order valence-electron chi connectivity index (χ0n) is 7.36. The van der Waals surface area contributed by atoms with Crippen LogP contribution in [0.2, 0.25) is 0 Å². The van der Waals surface area contributed by atoms with Crippen LogP contribution in [0.15, 0.2) is 12.4 Å². The summed E-state index contributed by atoms with van der Waals surface area (Å²) in [5.41, 5.74) is 6.18. The predicted molar refractivity (Wildman–Crippen MR) is 47.7 cm³/mol. The third-order valence-corrected chi connectivity index (χ3v) is 1.47. The molecule has 0 saturated heterocycles. The van der Waals surface area contributed by atoms with E-state index in [9.17, 15) is 0 Å². The van der Waals surface area contributed by atoms with Crippen molar-refractivity contribution in [1.82, 2.24) is 9.78 Å². The van der Waals surface area contributed by atoms with Crippen molar-refractivity contribution in [3.63, 3.8) is 0 Å². The molecule has 1 rings (SSSR count). The van der Waals surface area contributed by atoms with Crippen LogP contribution in [0.25, 0.3) is 0 Å². The van der Waals surface area contributed by atoms with Gasteiger partial charge in [-0.05, 0) is 6.42 Å². The molecule has 0 aliphatic rings. The Balaban J connectivity index is 2.15. The second-order valence-corrected chi connectivity index (χ2v) is 2.65. The lowest BCUT2D eigenvalue weighted by Gasteiger charge is -2.01. The highest BCUT2D eigenvalue weighted by Gasteiger charge is 1.93. The zero-order chi connectivity index (χ0) is 8.81. The number of nitrogen functional groups attached to an aromatic ring is 1. The second kappa shape index (κ2) is 4.77. The van der Waals surface area contributed by atoms with E-state index < -0.39 is 0 Å². The van der Waals surface area contributed by atoms with Gasteiger partial charge in [-0.3, -0.25) is 4.68 Å². The monoisotopic (exact) mass is 169 g/mol. The van der Waals surface area contributed by atoms with E-state index in [1.54, 1.807) is 17.1 Å². The van der Waals surface area contributed by atoms with Crippen molar-refractivity contribution >= 4 is 5.69 Å². The van der Waals surface area contributed by atoms with Crippen LogP contribution in [0, 0.1) is 0 Å². The Hall–Kier alpha value is -1.03. The van der Waals surface area contributed by atoms with Gasteiger partial charge in [-0.1, -0.05) is 6.92 Å². The van der Waals surface area contributed by atoms with Gasteiger partial charge < -0.3 is 10.5 Å². The molecule has 0 aromatic carbocycles. The zero-order valence-corrected chi connectivity index (χ0v) is 7.36. The predicted octanol–water partition coefficient (Wildman–Crippen LogP) is 0.892. The molecule has 0 fully saturated rings. The number of anilines is 1. The minimum atomic E-state index is 0.700. The Kier molecular flexibility index (Phi) is 3.60. The molecule has 68 valence electrons. The fourth-order valence-corrected chi connectivity index (χ4v) is 0.906. The Morgan fingerprint density at radius 3 is 3.00 bits per heavy atom. The van der Waals surface area contributed by atoms with Crippen molar-refractivity contribution in [2.24, 2.45) is 0 Å². The summed E-state index contributed by atoms with van der Waals surface area (Å²) in [5, 5.41) is 4.03.